The molecule has 1 aliphatic heterocycles. The third-order valence-corrected chi connectivity index (χ3v) is 4.99. The van der Waals surface area contributed by atoms with E-state index in [-0.39, 0.29) is 5.91 Å². The minimum Gasteiger partial charge on any atom is -0.496 e. The molecule has 5 heteroatoms. The molecule has 0 unspecified atom stereocenters. The monoisotopic (exact) mass is 329 g/mol. The van der Waals surface area contributed by atoms with E-state index in [0.717, 1.165) is 22.1 Å². The molecule has 0 atom stereocenters. The van der Waals surface area contributed by atoms with Gasteiger partial charge in [-0.25, -0.2) is 0 Å². The summed E-state index contributed by atoms with van der Waals surface area (Å²) in [6.07, 6.45) is 1.91. The summed E-state index contributed by atoms with van der Waals surface area (Å²) in [5.74, 6) is 0.811. The van der Waals surface area contributed by atoms with E-state index in [1.807, 2.05) is 49.4 Å². The van der Waals surface area contributed by atoms with Crippen molar-refractivity contribution in [3.05, 3.63) is 46.9 Å². The lowest BCUT2D eigenvalue weighted by Crippen LogP contribution is -2.27. The van der Waals surface area contributed by atoms with Crippen LogP contribution in [0.3, 0.4) is 0 Å². The van der Waals surface area contributed by atoms with Crippen LogP contribution in [0.4, 0.5) is 0 Å². The second-order valence-corrected chi connectivity index (χ2v) is 6.50. The summed E-state index contributed by atoms with van der Waals surface area (Å²) >= 11 is 6.61. The van der Waals surface area contributed by atoms with Gasteiger partial charge in [0, 0.05) is 11.9 Å². The molecular weight excluding hydrogens is 314 g/mol. The Bertz CT molecular complexity index is 798. The summed E-state index contributed by atoms with van der Waals surface area (Å²) in [4.78, 5) is 14.6. The van der Waals surface area contributed by atoms with Gasteiger partial charge >= 0.3 is 0 Å². The van der Waals surface area contributed by atoms with Gasteiger partial charge < -0.3 is 4.74 Å². The molecular formula is C17H15NO2S2. The number of fused-ring (bicyclic) bond motifs is 1. The third-order valence-electron chi connectivity index (χ3n) is 3.61. The molecule has 1 amide bonds. The average molecular weight is 329 g/mol. The second-order valence-electron chi connectivity index (χ2n) is 4.83. The van der Waals surface area contributed by atoms with E-state index in [1.165, 1.54) is 11.8 Å². The zero-order valence-corrected chi connectivity index (χ0v) is 14.0. The molecule has 1 fully saturated rings. The molecule has 2 aromatic rings. The lowest BCUT2D eigenvalue weighted by molar-refractivity contribution is -0.121. The van der Waals surface area contributed by atoms with Gasteiger partial charge in [0.25, 0.3) is 5.91 Å². The van der Waals surface area contributed by atoms with E-state index < -0.39 is 0 Å². The highest BCUT2D eigenvalue weighted by Crippen LogP contribution is 2.35. The van der Waals surface area contributed by atoms with Crippen LogP contribution in [0.5, 0.6) is 5.75 Å². The quantitative estimate of drug-likeness (QED) is 0.627. The van der Waals surface area contributed by atoms with Crippen LogP contribution in [-0.2, 0) is 4.79 Å². The molecule has 0 radical (unpaired) electrons. The van der Waals surface area contributed by atoms with Crippen molar-refractivity contribution >= 4 is 51.1 Å². The predicted octanol–water partition coefficient (Wildman–Crippen LogP) is 4.07. The Balaban J connectivity index is 2.11. The number of thioether (sulfide) groups is 1. The van der Waals surface area contributed by atoms with Crippen molar-refractivity contribution in [1.29, 1.82) is 0 Å². The summed E-state index contributed by atoms with van der Waals surface area (Å²) in [5.41, 5.74) is 0.994. The fraction of sp³-hybridized carbons (Fsp3) is 0.176. The van der Waals surface area contributed by atoms with Crippen molar-refractivity contribution in [3.63, 3.8) is 0 Å². The third kappa shape index (κ3) is 2.51. The number of rotatable bonds is 3. The minimum absolute atomic E-state index is 0.0163. The van der Waals surface area contributed by atoms with Gasteiger partial charge in [0.15, 0.2) is 0 Å². The highest BCUT2D eigenvalue weighted by molar-refractivity contribution is 8.26. The van der Waals surface area contributed by atoms with Crippen LogP contribution in [0.1, 0.15) is 12.5 Å². The molecule has 22 heavy (non-hydrogen) atoms. The molecule has 0 aliphatic carbocycles. The van der Waals surface area contributed by atoms with Gasteiger partial charge in [-0.05, 0) is 30.0 Å². The molecule has 0 bridgehead atoms. The van der Waals surface area contributed by atoms with Gasteiger partial charge in [-0.1, -0.05) is 54.3 Å². The van der Waals surface area contributed by atoms with Gasteiger partial charge in [-0.3, -0.25) is 9.69 Å². The van der Waals surface area contributed by atoms with Crippen LogP contribution < -0.4 is 4.74 Å². The highest BCUT2D eigenvalue weighted by atomic mass is 32.2. The maximum atomic E-state index is 12.3. The molecule has 2 aromatic carbocycles. The molecule has 3 rings (SSSR count). The first-order valence-electron chi connectivity index (χ1n) is 6.96. The molecule has 0 saturated carbocycles. The van der Waals surface area contributed by atoms with E-state index in [9.17, 15) is 4.79 Å². The zero-order chi connectivity index (χ0) is 15.7. The number of nitrogens with zero attached hydrogens (tertiary/aromatic N) is 1. The number of benzene rings is 2. The van der Waals surface area contributed by atoms with Crippen molar-refractivity contribution in [2.24, 2.45) is 0 Å². The van der Waals surface area contributed by atoms with E-state index >= 15 is 0 Å². The number of thiocarbonyl (C=S) groups is 1. The number of hydrogen-bond donors (Lipinski definition) is 0. The fourth-order valence-corrected chi connectivity index (χ4v) is 3.89. The fourth-order valence-electron chi connectivity index (χ4n) is 2.51. The topological polar surface area (TPSA) is 29.5 Å². The van der Waals surface area contributed by atoms with Gasteiger partial charge in [-0.15, -0.1) is 0 Å². The Morgan fingerprint density at radius 1 is 1.23 bits per heavy atom. The summed E-state index contributed by atoms with van der Waals surface area (Å²) in [5, 5.41) is 2.09. The van der Waals surface area contributed by atoms with Crippen LogP contribution in [0.25, 0.3) is 16.8 Å². The molecule has 0 spiro atoms. The van der Waals surface area contributed by atoms with Crippen molar-refractivity contribution < 1.29 is 9.53 Å². The Morgan fingerprint density at radius 3 is 2.59 bits per heavy atom. The van der Waals surface area contributed by atoms with Crippen LogP contribution >= 0.6 is 24.0 Å². The standard InChI is InChI=1S/C17H15NO2S2/c1-3-18-16(19)15(22-17(18)21)10-11-8-9-14(20-2)13-7-5-4-6-12(11)13/h4-10H,3H2,1-2H3. The zero-order valence-electron chi connectivity index (χ0n) is 12.3. The lowest BCUT2D eigenvalue weighted by atomic mass is 10.0. The van der Waals surface area contributed by atoms with Crippen molar-refractivity contribution in [2.75, 3.05) is 13.7 Å². The van der Waals surface area contributed by atoms with Crippen LogP contribution in [0.15, 0.2) is 41.3 Å². The van der Waals surface area contributed by atoms with E-state index in [2.05, 4.69) is 0 Å². The first-order chi connectivity index (χ1) is 10.7. The maximum absolute atomic E-state index is 12.3. The van der Waals surface area contributed by atoms with Crippen molar-refractivity contribution in [1.82, 2.24) is 4.90 Å². The molecule has 1 saturated heterocycles. The lowest BCUT2D eigenvalue weighted by Gasteiger charge is -2.10. The van der Waals surface area contributed by atoms with Crippen LogP contribution in [0.2, 0.25) is 0 Å². The Labute approximate surface area is 138 Å². The van der Waals surface area contributed by atoms with Gasteiger partial charge in [0.05, 0.1) is 12.0 Å². The number of hydrogen-bond acceptors (Lipinski definition) is 4. The van der Waals surface area contributed by atoms with Crippen LogP contribution in [0, 0.1) is 0 Å². The summed E-state index contributed by atoms with van der Waals surface area (Å²) < 4.78 is 6.03. The summed E-state index contributed by atoms with van der Waals surface area (Å²) in [6, 6.07) is 11.9. The number of carbonyl (C=O) groups excluding carboxylic acids is 1. The SMILES string of the molecule is CCN1C(=O)C(=Cc2ccc(OC)c3ccccc23)SC1=S. The van der Waals surface area contributed by atoms with Crippen molar-refractivity contribution in [3.8, 4) is 5.75 Å². The van der Waals surface area contributed by atoms with E-state index in [0.29, 0.717) is 15.8 Å². The number of methoxy groups -OCH3 is 1. The Hall–Kier alpha value is -1.85. The van der Waals surface area contributed by atoms with Gasteiger partial charge in [0.1, 0.15) is 10.1 Å². The van der Waals surface area contributed by atoms with Gasteiger partial charge in [0.2, 0.25) is 0 Å². The van der Waals surface area contributed by atoms with Crippen LogP contribution in [-0.4, -0.2) is 28.8 Å². The molecule has 1 heterocycles. The molecule has 1 aliphatic rings. The number of ether oxygens (including phenoxy) is 1. The number of carbonyl (C=O) groups is 1. The average Bonchev–Trinajstić information content (AvgIpc) is 2.81. The molecule has 0 N–H and O–H groups in total. The summed E-state index contributed by atoms with van der Waals surface area (Å²) in [6.45, 7) is 2.53. The molecule has 3 nitrogen and oxygen atoms in total. The maximum Gasteiger partial charge on any atom is 0.266 e. The minimum atomic E-state index is -0.0163. The number of likely N-dealkylation sites (N-methyl/N-ethyl adjacent to an activating group) is 1. The Kier molecular flexibility index (Phi) is 4.18. The highest BCUT2D eigenvalue weighted by Gasteiger charge is 2.30. The first kappa shape index (κ1) is 15.1. The summed E-state index contributed by atoms with van der Waals surface area (Å²) in [7, 11) is 1.66. The van der Waals surface area contributed by atoms with E-state index in [1.54, 1.807) is 12.0 Å². The van der Waals surface area contributed by atoms with Gasteiger partial charge in [-0.2, -0.15) is 0 Å². The smallest absolute Gasteiger partial charge is 0.266 e. The molecule has 0 aromatic heterocycles. The molecule has 112 valence electrons. The normalized spacial score (nSPS) is 16.8. The van der Waals surface area contributed by atoms with Crippen molar-refractivity contribution in [2.45, 2.75) is 6.92 Å². The largest absolute Gasteiger partial charge is 0.496 e. The second kappa shape index (κ2) is 6.10. The predicted molar refractivity (Wildman–Crippen MR) is 96.1 cm³/mol. The first-order valence-corrected chi connectivity index (χ1v) is 8.19. The Morgan fingerprint density at radius 2 is 1.95 bits per heavy atom. The number of amides is 1. The van der Waals surface area contributed by atoms with E-state index in [4.69, 9.17) is 17.0 Å².